The fourth-order valence-corrected chi connectivity index (χ4v) is 3.05. The highest BCUT2D eigenvalue weighted by Crippen LogP contribution is 2.30. The molecule has 1 unspecified atom stereocenters. The van der Waals surface area contributed by atoms with E-state index in [2.05, 4.69) is 34.1 Å². The summed E-state index contributed by atoms with van der Waals surface area (Å²) in [5.41, 5.74) is 8.03. The van der Waals surface area contributed by atoms with E-state index in [0.29, 0.717) is 13.2 Å². The van der Waals surface area contributed by atoms with Crippen LogP contribution in [-0.2, 0) is 12.8 Å². The molecule has 0 bridgehead atoms. The predicted molar refractivity (Wildman–Crippen MR) is 87.0 cm³/mol. The quantitative estimate of drug-likeness (QED) is 0.902. The molecular weight excluding hydrogens is 330 g/mol. The zero-order valence-electron chi connectivity index (χ0n) is 11.7. The van der Waals surface area contributed by atoms with Crippen LogP contribution in [0, 0.1) is 0 Å². The van der Waals surface area contributed by atoms with Crippen LogP contribution in [0.15, 0.2) is 46.9 Å². The second-order valence-electron chi connectivity index (χ2n) is 5.17. The monoisotopic (exact) mass is 347 g/mol. The van der Waals surface area contributed by atoms with Gasteiger partial charge in [-0.05, 0) is 58.2 Å². The molecule has 1 heterocycles. The molecule has 0 aromatic heterocycles. The molecule has 1 aliphatic rings. The van der Waals surface area contributed by atoms with Crippen LogP contribution in [0.3, 0.4) is 0 Å². The molecule has 2 aromatic carbocycles. The second-order valence-corrected chi connectivity index (χ2v) is 6.02. The Morgan fingerprint density at radius 1 is 1.24 bits per heavy atom. The van der Waals surface area contributed by atoms with Crippen LogP contribution in [0.5, 0.6) is 11.5 Å². The number of hydrogen-bond donors (Lipinski definition) is 1. The van der Waals surface area contributed by atoms with Crippen molar-refractivity contribution in [2.45, 2.75) is 18.9 Å². The summed E-state index contributed by atoms with van der Waals surface area (Å²) in [6.45, 7) is 1.20. The van der Waals surface area contributed by atoms with Gasteiger partial charge >= 0.3 is 0 Å². The molecule has 110 valence electrons. The number of halogens is 1. The average molecular weight is 348 g/mol. The van der Waals surface area contributed by atoms with Crippen molar-refractivity contribution in [2.24, 2.45) is 5.73 Å². The van der Waals surface area contributed by atoms with E-state index in [1.807, 2.05) is 24.3 Å². The number of fused-ring (bicyclic) bond motifs is 1. The van der Waals surface area contributed by atoms with E-state index in [1.165, 1.54) is 11.1 Å². The van der Waals surface area contributed by atoms with Gasteiger partial charge in [0, 0.05) is 6.42 Å². The Hall–Kier alpha value is -1.52. The lowest BCUT2D eigenvalue weighted by Gasteiger charge is -2.14. The van der Waals surface area contributed by atoms with Gasteiger partial charge < -0.3 is 15.2 Å². The number of benzene rings is 2. The van der Waals surface area contributed by atoms with E-state index in [-0.39, 0.29) is 6.10 Å². The smallest absolute Gasteiger partial charge is 0.137 e. The summed E-state index contributed by atoms with van der Waals surface area (Å²) in [6, 6.07) is 14.2. The highest BCUT2D eigenvalue weighted by Gasteiger charge is 2.23. The molecule has 0 aliphatic carbocycles. The maximum atomic E-state index is 5.88. The van der Waals surface area contributed by atoms with Gasteiger partial charge in [-0.25, -0.2) is 0 Å². The Morgan fingerprint density at radius 2 is 2.10 bits per heavy atom. The first-order valence-electron chi connectivity index (χ1n) is 7.12. The van der Waals surface area contributed by atoms with Crippen molar-refractivity contribution in [2.75, 3.05) is 13.2 Å². The Labute approximate surface area is 133 Å². The van der Waals surface area contributed by atoms with E-state index < -0.39 is 0 Å². The van der Waals surface area contributed by atoms with E-state index in [1.54, 1.807) is 0 Å². The highest BCUT2D eigenvalue weighted by atomic mass is 79.9. The van der Waals surface area contributed by atoms with Crippen molar-refractivity contribution < 1.29 is 9.47 Å². The van der Waals surface area contributed by atoms with Gasteiger partial charge in [-0.3, -0.25) is 0 Å². The normalized spacial score (nSPS) is 16.4. The van der Waals surface area contributed by atoms with Crippen LogP contribution in [0.25, 0.3) is 0 Å². The lowest BCUT2D eigenvalue weighted by Crippen LogP contribution is -2.22. The first-order chi connectivity index (χ1) is 10.3. The summed E-state index contributed by atoms with van der Waals surface area (Å²) < 4.78 is 12.7. The van der Waals surface area contributed by atoms with Gasteiger partial charge in [-0.1, -0.05) is 24.3 Å². The third-order valence-electron chi connectivity index (χ3n) is 3.57. The zero-order chi connectivity index (χ0) is 14.7. The van der Waals surface area contributed by atoms with Gasteiger partial charge in [0.05, 0.1) is 4.47 Å². The van der Waals surface area contributed by atoms with Gasteiger partial charge in [0.15, 0.2) is 0 Å². The summed E-state index contributed by atoms with van der Waals surface area (Å²) in [6.07, 6.45) is 1.86. The molecular formula is C17H18BrNO2. The molecule has 2 aromatic rings. The van der Waals surface area contributed by atoms with Gasteiger partial charge in [-0.2, -0.15) is 0 Å². The lowest BCUT2D eigenvalue weighted by molar-refractivity contribution is 0.148. The lowest BCUT2D eigenvalue weighted by atomic mass is 10.1. The molecule has 3 nitrogen and oxygen atoms in total. The molecule has 1 aliphatic heterocycles. The third kappa shape index (κ3) is 3.39. The summed E-state index contributed by atoms with van der Waals surface area (Å²) in [5.74, 6) is 1.82. The first-order valence-corrected chi connectivity index (χ1v) is 7.91. The Balaban J connectivity index is 1.59. The SMILES string of the molecule is NCCc1ccc(OCC2Cc3ccccc3O2)c(Br)c1. The van der Waals surface area contributed by atoms with E-state index in [0.717, 1.165) is 28.8 Å². The van der Waals surface area contributed by atoms with Crippen LogP contribution in [-0.4, -0.2) is 19.3 Å². The molecule has 4 heteroatoms. The number of para-hydroxylation sites is 1. The van der Waals surface area contributed by atoms with E-state index in [4.69, 9.17) is 15.2 Å². The van der Waals surface area contributed by atoms with Gasteiger partial charge in [0.1, 0.15) is 24.2 Å². The zero-order valence-corrected chi connectivity index (χ0v) is 13.3. The van der Waals surface area contributed by atoms with Crippen molar-refractivity contribution in [1.29, 1.82) is 0 Å². The van der Waals surface area contributed by atoms with Gasteiger partial charge in [0.2, 0.25) is 0 Å². The number of nitrogens with two attached hydrogens (primary N) is 1. The summed E-state index contributed by atoms with van der Waals surface area (Å²) in [5, 5.41) is 0. The number of hydrogen-bond acceptors (Lipinski definition) is 3. The number of rotatable bonds is 5. The molecule has 0 amide bonds. The molecule has 1 atom stereocenters. The summed E-state index contributed by atoms with van der Waals surface area (Å²) in [7, 11) is 0. The van der Waals surface area contributed by atoms with Gasteiger partial charge in [-0.15, -0.1) is 0 Å². The van der Waals surface area contributed by atoms with Crippen molar-refractivity contribution in [3.63, 3.8) is 0 Å². The standard InChI is InChI=1S/C17H18BrNO2/c18-15-9-12(7-8-19)5-6-17(15)20-11-14-10-13-3-1-2-4-16(13)21-14/h1-6,9,14H,7-8,10-11,19H2. The Kier molecular flexibility index (Phi) is 4.46. The maximum Gasteiger partial charge on any atom is 0.137 e. The van der Waals surface area contributed by atoms with Gasteiger partial charge in [0.25, 0.3) is 0 Å². The fraction of sp³-hybridized carbons (Fsp3) is 0.294. The minimum atomic E-state index is 0.0815. The third-order valence-corrected chi connectivity index (χ3v) is 4.19. The molecule has 0 saturated carbocycles. The maximum absolute atomic E-state index is 5.88. The molecule has 0 saturated heterocycles. The molecule has 2 N–H and O–H groups in total. The predicted octanol–water partition coefficient (Wildman–Crippen LogP) is 3.33. The molecule has 0 fully saturated rings. The molecule has 0 radical (unpaired) electrons. The van der Waals surface area contributed by atoms with E-state index >= 15 is 0 Å². The Bertz CT molecular complexity index is 605. The first kappa shape index (κ1) is 14.4. The van der Waals surface area contributed by atoms with Crippen molar-refractivity contribution in [3.8, 4) is 11.5 Å². The largest absolute Gasteiger partial charge is 0.489 e. The van der Waals surface area contributed by atoms with Crippen LogP contribution >= 0.6 is 15.9 Å². The number of ether oxygens (including phenoxy) is 2. The van der Waals surface area contributed by atoms with Crippen LogP contribution in [0.2, 0.25) is 0 Å². The van der Waals surface area contributed by atoms with Crippen LogP contribution in [0.4, 0.5) is 0 Å². The van der Waals surface area contributed by atoms with Crippen LogP contribution in [0.1, 0.15) is 11.1 Å². The Morgan fingerprint density at radius 3 is 2.86 bits per heavy atom. The van der Waals surface area contributed by atoms with E-state index in [9.17, 15) is 0 Å². The van der Waals surface area contributed by atoms with Crippen LogP contribution < -0.4 is 15.2 Å². The highest BCUT2D eigenvalue weighted by molar-refractivity contribution is 9.10. The summed E-state index contributed by atoms with van der Waals surface area (Å²) >= 11 is 3.55. The van der Waals surface area contributed by atoms with Crippen molar-refractivity contribution in [3.05, 3.63) is 58.1 Å². The molecule has 21 heavy (non-hydrogen) atoms. The topological polar surface area (TPSA) is 44.5 Å². The second kappa shape index (κ2) is 6.50. The fourth-order valence-electron chi connectivity index (χ4n) is 2.51. The molecule has 0 spiro atoms. The average Bonchev–Trinajstić information content (AvgIpc) is 2.89. The minimum absolute atomic E-state index is 0.0815. The van der Waals surface area contributed by atoms with Crippen molar-refractivity contribution in [1.82, 2.24) is 0 Å². The molecule has 3 rings (SSSR count). The minimum Gasteiger partial charge on any atom is -0.489 e. The summed E-state index contributed by atoms with van der Waals surface area (Å²) in [4.78, 5) is 0. The van der Waals surface area contributed by atoms with Crippen molar-refractivity contribution >= 4 is 15.9 Å².